The number of likely N-dealkylation sites (N-methyl/N-ethyl adjacent to an activating group) is 1. The minimum atomic E-state index is -4.64. The molecule has 27 heavy (non-hydrogen) atoms. The SMILES string of the molecule is CN1CCc2c(cn(C)c2C(=O)Nc2ccnc(C(F)(F)F)c2)S(=O)(=O)C1. The summed E-state index contributed by atoms with van der Waals surface area (Å²) in [5, 5.41) is 2.40. The van der Waals surface area contributed by atoms with E-state index in [9.17, 15) is 26.4 Å². The Bertz CT molecular complexity index is 999. The number of sulfone groups is 1. The lowest BCUT2D eigenvalue weighted by Gasteiger charge is -2.13. The van der Waals surface area contributed by atoms with Gasteiger partial charge in [-0.25, -0.2) is 8.42 Å². The summed E-state index contributed by atoms with van der Waals surface area (Å²) in [4.78, 5) is 17.6. The Morgan fingerprint density at radius 2 is 2.00 bits per heavy atom. The minimum Gasteiger partial charge on any atom is -0.345 e. The van der Waals surface area contributed by atoms with E-state index in [0.717, 1.165) is 12.3 Å². The van der Waals surface area contributed by atoms with Crippen molar-refractivity contribution in [1.82, 2.24) is 14.5 Å². The summed E-state index contributed by atoms with van der Waals surface area (Å²) in [7, 11) is -0.406. The van der Waals surface area contributed by atoms with Crippen LogP contribution in [0.4, 0.5) is 18.9 Å². The van der Waals surface area contributed by atoms with Crippen LogP contribution < -0.4 is 5.32 Å². The number of amides is 1. The second kappa shape index (κ2) is 6.64. The standard InChI is InChI=1S/C16H17F3N4O3S/c1-22-6-4-11-12(27(25,26)9-22)8-23(2)14(11)15(24)21-10-3-5-20-13(7-10)16(17,18)19/h3,5,7-8H,4,6,9H2,1-2H3,(H,20,21,24). The van der Waals surface area contributed by atoms with Crippen LogP contribution in [0.1, 0.15) is 21.7 Å². The number of carbonyl (C=O) groups is 1. The molecule has 0 spiro atoms. The Hall–Kier alpha value is -2.40. The number of halogens is 3. The van der Waals surface area contributed by atoms with E-state index in [1.165, 1.54) is 23.9 Å². The highest BCUT2D eigenvalue weighted by molar-refractivity contribution is 7.91. The fourth-order valence-electron chi connectivity index (χ4n) is 3.04. The van der Waals surface area contributed by atoms with Crippen LogP contribution in [-0.4, -0.2) is 48.2 Å². The number of aryl methyl sites for hydroxylation is 1. The van der Waals surface area contributed by atoms with Crippen molar-refractivity contribution in [3.8, 4) is 0 Å². The van der Waals surface area contributed by atoms with E-state index in [4.69, 9.17) is 0 Å². The van der Waals surface area contributed by atoms with Crippen LogP contribution >= 0.6 is 0 Å². The predicted molar refractivity (Wildman–Crippen MR) is 91.0 cm³/mol. The van der Waals surface area contributed by atoms with Gasteiger partial charge in [-0.3, -0.25) is 14.7 Å². The summed E-state index contributed by atoms with van der Waals surface area (Å²) in [5.74, 6) is -0.845. The molecule has 146 valence electrons. The number of aromatic nitrogens is 2. The monoisotopic (exact) mass is 402 g/mol. The first-order valence-electron chi connectivity index (χ1n) is 7.93. The molecule has 0 aromatic carbocycles. The number of nitrogens with zero attached hydrogens (tertiary/aromatic N) is 3. The van der Waals surface area contributed by atoms with E-state index in [-0.39, 0.29) is 22.2 Å². The molecule has 0 bridgehead atoms. The van der Waals surface area contributed by atoms with Gasteiger partial charge >= 0.3 is 6.18 Å². The molecule has 0 radical (unpaired) electrons. The zero-order valence-electron chi connectivity index (χ0n) is 14.5. The number of nitrogens with one attached hydrogen (secondary N) is 1. The molecule has 3 heterocycles. The van der Waals surface area contributed by atoms with Crippen LogP contribution in [0.2, 0.25) is 0 Å². The third-order valence-electron chi connectivity index (χ3n) is 4.24. The number of carbonyl (C=O) groups excluding carboxylic acids is 1. The summed E-state index contributed by atoms with van der Waals surface area (Å²) < 4.78 is 64.7. The first kappa shape index (κ1) is 19.4. The maximum absolute atomic E-state index is 12.8. The van der Waals surface area contributed by atoms with Gasteiger partial charge in [0.15, 0.2) is 9.84 Å². The first-order valence-corrected chi connectivity index (χ1v) is 9.58. The highest BCUT2D eigenvalue weighted by atomic mass is 32.2. The molecule has 1 amide bonds. The average Bonchev–Trinajstić information content (AvgIpc) is 2.84. The van der Waals surface area contributed by atoms with Gasteiger partial charge in [-0.15, -0.1) is 0 Å². The topological polar surface area (TPSA) is 84.3 Å². The Morgan fingerprint density at radius 3 is 2.67 bits per heavy atom. The van der Waals surface area contributed by atoms with Gasteiger partial charge in [0.2, 0.25) is 0 Å². The van der Waals surface area contributed by atoms with Gasteiger partial charge in [0.05, 0.1) is 4.90 Å². The van der Waals surface area contributed by atoms with Crippen molar-refractivity contribution >= 4 is 21.4 Å². The molecular formula is C16H17F3N4O3S. The fourth-order valence-corrected chi connectivity index (χ4v) is 4.78. The van der Waals surface area contributed by atoms with Crippen molar-refractivity contribution in [2.45, 2.75) is 17.5 Å². The van der Waals surface area contributed by atoms with Crippen molar-refractivity contribution in [3.05, 3.63) is 41.5 Å². The zero-order valence-corrected chi connectivity index (χ0v) is 15.4. The van der Waals surface area contributed by atoms with E-state index < -0.39 is 27.6 Å². The Morgan fingerprint density at radius 1 is 1.30 bits per heavy atom. The number of alkyl halides is 3. The molecule has 1 N–H and O–H groups in total. The van der Waals surface area contributed by atoms with E-state index >= 15 is 0 Å². The highest BCUT2D eigenvalue weighted by Gasteiger charge is 2.33. The Balaban J connectivity index is 1.97. The maximum Gasteiger partial charge on any atom is 0.433 e. The number of rotatable bonds is 2. The van der Waals surface area contributed by atoms with Gasteiger partial charge < -0.3 is 9.88 Å². The Kier molecular flexibility index (Phi) is 4.76. The number of anilines is 1. The molecular weight excluding hydrogens is 385 g/mol. The second-order valence-corrected chi connectivity index (χ2v) is 8.31. The normalized spacial score (nSPS) is 17.2. The van der Waals surface area contributed by atoms with E-state index in [2.05, 4.69) is 10.3 Å². The summed E-state index contributed by atoms with van der Waals surface area (Å²) >= 11 is 0. The molecule has 2 aromatic rings. The zero-order chi connectivity index (χ0) is 20.0. The second-order valence-electron chi connectivity index (χ2n) is 6.39. The average molecular weight is 402 g/mol. The molecule has 0 aliphatic carbocycles. The molecule has 7 nitrogen and oxygen atoms in total. The van der Waals surface area contributed by atoms with Crippen molar-refractivity contribution in [1.29, 1.82) is 0 Å². The molecule has 1 aliphatic rings. The lowest BCUT2D eigenvalue weighted by Crippen LogP contribution is -2.25. The van der Waals surface area contributed by atoms with Crippen LogP contribution in [0.3, 0.4) is 0 Å². The molecule has 0 atom stereocenters. The quantitative estimate of drug-likeness (QED) is 0.830. The van der Waals surface area contributed by atoms with Crippen LogP contribution in [0.25, 0.3) is 0 Å². The van der Waals surface area contributed by atoms with Crippen LogP contribution in [0.5, 0.6) is 0 Å². The van der Waals surface area contributed by atoms with Gasteiger partial charge in [-0.1, -0.05) is 0 Å². The molecule has 3 rings (SSSR count). The molecule has 0 saturated heterocycles. The summed E-state index contributed by atoms with van der Waals surface area (Å²) in [6, 6.07) is 1.96. The number of hydrogen-bond donors (Lipinski definition) is 1. The summed E-state index contributed by atoms with van der Waals surface area (Å²) in [6.45, 7) is 0.435. The molecule has 11 heteroatoms. The van der Waals surface area contributed by atoms with Gasteiger partial charge in [-0.2, -0.15) is 13.2 Å². The molecule has 0 fully saturated rings. The van der Waals surface area contributed by atoms with E-state index in [0.29, 0.717) is 18.5 Å². The Labute approximate surface area is 153 Å². The first-order chi connectivity index (χ1) is 12.5. The van der Waals surface area contributed by atoms with Gasteiger partial charge in [0, 0.05) is 37.2 Å². The molecule has 1 aliphatic heterocycles. The summed E-state index contributed by atoms with van der Waals surface area (Å²) in [6.07, 6.45) is -1.99. The fraction of sp³-hybridized carbons (Fsp3) is 0.375. The lowest BCUT2D eigenvalue weighted by molar-refractivity contribution is -0.141. The van der Waals surface area contributed by atoms with Gasteiger partial charge in [-0.05, 0) is 25.6 Å². The largest absolute Gasteiger partial charge is 0.433 e. The highest BCUT2D eigenvalue weighted by Crippen LogP contribution is 2.30. The maximum atomic E-state index is 12.8. The smallest absolute Gasteiger partial charge is 0.345 e. The third-order valence-corrected chi connectivity index (χ3v) is 6.04. The van der Waals surface area contributed by atoms with Crippen LogP contribution in [-0.2, 0) is 29.5 Å². The minimum absolute atomic E-state index is 0.0743. The van der Waals surface area contributed by atoms with Crippen LogP contribution in [0, 0.1) is 0 Å². The van der Waals surface area contributed by atoms with Gasteiger partial charge in [0.25, 0.3) is 5.91 Å². The van der Waals surface area contributed by atoms with Crippen molar-refractivity contribution in [2.75, 3.05) is 24.8 Å². The lowest BCUT2D eigenvalue weighted by atomic mass is 10.1. The number of hydrogen-bond acceptors (Lipinski definition) is 5. The van der Waals surface area contributed by atoms with E-state index in [1.54, 1.807) is 11.9 Å². The van der Waals surface area contributed by atoms with E-state index in [1.807, 2.05) is 0 Å². The molecule has 2 aromatic heterocycles. The number of pyridine rings is 1. The van der Waals surface area contributed by atoms with Crippen LogP contribution in [0.15, 0.2) is 29.4 Å². The van der Waals surface area contributed by atoms with Crippen molar-refractivity contribution in [2.24, 2.45) is 7.05 Å². The predicted octanol–water partition coefficient (Wildman–Crippen LogP) is 1.91. The summed E-state index contributed by atoms with van der Waals surface area (Å²) in [5.41, 5.74) is -0.736. The van der Waals surface area contributed by atoms with Gasteiger partial charge in [0.1, 0.15) is 17.3 Å². The third kappa shape index (κ3) is 3.83. The van der Waals surface area contributed by atoms with Crippen molar-refractivity contribution in [3.63, 3.8) is 0 Å². The molecule has 0 saturated carbocycles. The van der Waals surface area contributed by atoms with Crippen molar-refractivity contribution < 1.29 is 26.4 Å². The molecule has 0 unspecified atom stereocenters. The number of fused-ring (bicyclic) bond motifs is 1.